The Morgan fingerprint density at radius 3 is 2.65 bits per heavy atom. The van der Waals surface area contributed by atoms with Crippen LogP contribution in [0, 0.1) is 0 Å². The molecule has 1 N–H and O–H groups in total. The van der Waals surface area contributed by atoms with Crippen molar-refractivity contribution in [3.63, 3.8) is 0 Å². The summed E-state index contributed by atoms with van der Waals surface area (Å²) >= 11 is 1.57. The molecule has 26 heavy (non-hydrogen) atoms. The van der Waals surface area contributed by atoms with Gasteiger partial charge in [-0.3, -0.25) is 0 Å². The first-order chi connectivity index (χ1) is 12.7. The van der Waals surface area contributed by atoms with Crippen LogP contribution < -0.4 is 9.80 Å². The van der Waals surface area contributed by atoms with Gasteiger partial charge in [-0.25, -0.2) is 14.8 Å². The third-order valence-corrected chi connectivity index (χ3v) is 5.33. The molecule has 0 saturated carbocycles. The zero-order valence-electron chi connectivity index (χ0n) is 14.3. The molecule has 0 bridgehead atoms. The van der Waals surface area contributed by atoms with Gasteiger partial charge in [0.2, 0.25) is 5.82 Å². The van der Waals surface area contributed by atoms with Crippen molar-refractivity contribution in [2.45, 2.75) is 0 Å². The minimum atomic E-state index is -0.530. The number of hydrogen-bond donors (Lipinski definition) is 1. The zero-order chi connectivity index (χ0) is 18.1. The van der Waals surface area contributed by atoms with Gasteiger partial charge in [-0.15, -0.1) is 11.3 Å². The van der Waals surface area contributed by atoms with Crippen LogP contribution in [0.25, 0.3) is 10.2 Å². The third-order valence-electron chi connectivity index (χ3n) is 4.43. The fraction of sp³-hybridized carbons (Fsp3) is 0.278. The first-order valence-corrected chi connectivity index (χ1v) is 9.16. The number of aromatic hydroxyl groups is 1. The van der Waals surface area contributed by atoms with Crippen LogP contribution in [0.2, 0.25) is 0 Å². The molecule has 1 aromatic carbocycles. The molecule has 4 rings (SSSR count). The Bertz CT molecular complexity index is 951. The van der Waals surface area contributed by atoms with Gasteiger partial charge >= 0.3 is 5.97 Å². The molecule has 0 atom stereocenters. The lowest BCUT2D eigenvalue weighted by Gasteiger charge is -2.36. The zero-order valence-corrected chi connectivity index (χ0v) is 15.1. The molecule has 1 aliphatic rings. The molecule has 0 amide bonds. The summed E-state index contributed by atoms with van der Waals surface area (Å²) < 4.78 is 5.75. The molecule has 0 aliphatic carbocycles. The average Bonchev–Trinajstić information content (AvgIpc) is 3.15. The lowest BCUT2D eigenvalue weighted by molar-refractivity contribution is 0.0587. The molecule has 2 aromatic heterocycles. The van der Waals surface area contributed by atoms with E-state index < -0.39 is 5.97 Å². The van der Waals surface area contributed by atoms with Crippen LogP contribution in [-0.4, -0.2) is 54.3 Å². The maximum atomic E-state index is 11.9. The highest BCUT2D eigenvalue weighted by Crippen LogP contribution is 2.30. The van der Waals surface area contributed by atoms with E-state index in [9.17, 15) is 9.90 Å². The first kappa shape index (κ1) is 16.6. The molecular formula is C18H18N4O3S. The van der Waals surface area contributed by atoms with Crippen LogP contribution in [0.4, 0.5) is 11.5 Å². The number of thiophene rings is 1. The smallest absolute Gasteiger partial charge is 0.376 e. The second-order valence-corrected chi connectivity index (χ2v) is 6.91. The number of hydrogen-bond acceptors (Lipinski definition) is 8. The number of phenols is 1. The number of phenolic OH excluding ortho intramolecular Hbond substituents is 1. The van der Waals surface area contributed by atoms with E-state index in [1.54, 1.807) is 23.5 Å². The van der Waals surface area contributed by atoms with Gasteiger partial charge in [0.1, 0.15) is 5.75 Å². The molecule has 1 aliphatic heterocycles. The molecule has 8 heteroatoms. The summed E-state index contributed by atoms with van der Waals surface area (Å²) in [7, 11) is 1.33. The van der Waals surface area contributed by atoms with E-state index in [-0.39, 0.29) is 11.6 Å². The van der Waals surface area contributed by atoms with Crippen LogP contribution in [0.3, 0.4) is 0 Å². The Hall–Kier alpha value is -2.87. The van der Waals surface area contributed by atoms with Crippen molar-refractivity contribution >= 4 is 39.0 Å². The SMILES string of the molecule is COC(=O)c1nc(N2CCN(c3cccc(O)c3)CC2)c2sccc2n1. The van der Waals surface area contributed by atoms with Crippen molar-refractivity contribution in [1.82, 2.24) is 9.97 Å². The number of benzene rings is 1. The van der Waals surface area contributed by atoms with Crippen molar-refractivity contribution in [3.05, 3.63) is 41.5 Å². The molecular weight excluding hydrogens is 352 g/mol. The predicted octanol–water partition coefficient (Wildman–Crippen LogP) is 2.51. The summed E-state index contributed by atoms with van der Waals surface area (Å²) in [5, 5.41) is 11.6. The van der Waals surface area contributed by atoms with E-state index in [1.807, 2.05) is 23.6 Å². The van der Waals surface area contributed by atoms with E-state index in [0.717, 1.165) is 47.9 Å². The van der Waals surface area contributed by atoms with Gasteiger partial charge in [0.15, 0.2) is 5.82 Å². The largest absolute Gasteiger partial charge is 0.508 e. The quantitative estimate of drug-likeness (QED) is 0.710. The normalized spacial score (nSPS) is 14.7. The predicted molar refractivity (Wildman–Crippen MR) is 101 cm³/mol. The van der Waals surface area contributed by atoms with Crippen molar-refractivity contribution in [2.75, 3.05) is 43.1 Å². The van der Waals surface area contributed by atoms with Crippen LogP contribution >= 0.6 is 11.3 Å². The second-order valence-electron chi connectivity index (χ2n) is 5.99. The minimum absolute atomic E-state index is 0.0869. The summed E-state index contributed by atoms with van der Waals surface area (Å²) in [6, 6.07) is 9.17. The Morgan fingerprint density at radius 2 is 1.92 bits per heavy atom. The van der Waals surface area contributed by atoms with E-state index in [4.69, 9.17) is 4.74 Å². The monoisotopic (exact) mass is 370 g/mol. The highest BCUT2D eigenvalue weighted by Gasteiger charge is 2.23. The van der Waals surface area contributed by atoms with Crippen LogP contribution in [0.5, 0.6) is 5.75 Å². The number of fused-ring (bicyclic) bond motifs is 1. The Morgan fingerprint density at radius 1 is 1.15 bits per heavy atom. The summed E-state index contributed by atoms with van der Waals surface area (Å²) in [4.78, 5) is 25.1. The second kappa shape index (κ2) is 6.80. The summed E-state index contributed by atoms with van der Waals surface area (Å²) in [6.07, 6.45) is 0. The number of esters is 1. The molecule has 0 unspecified atom stereocenters. The number of methoxy groups -OCH3 is 1. The van der Waals surface area contributed by atoms with Gasteiger partial charge in [-0.1, -0.05) is 6.07 Å². The maximum absolute atomic E-state index is 11.9. The number of aromatic nitrogens is 2. The molecule has 0 radical (unpaired) electrons. The van der Waals surface area contributed by atoms with E-state index in [0.29, 0.717) is 0 Å². The number of carbonyl (C=O) groups is 1. The lowest BCUT2D eigenvalue weighted by Crippen LogP contribution is -2.47. The highest BCUT2D eigenvalue weighted by atomic mass is 32.1. The first-order valence-electron chi connectivity index (χ1n) is 8.28. The number of anilines is 2. The lowest BCUT2D eigenvalue weighted by atomic mass is 10.2. The summed E-state index contributed by atoms with van der Waals surface area (Å²) in [6.45, 7) is 3.13. The number of nitrogens with zero attached hydrogens (tertiary/aromatic N) is 4. The Kier molecular flexibility index (Phi) is 4.34. The van der Waals surface area contributed by atoms with Gasteiger partial charge < -0.3 is 19.6 Å². The molecule has 134 valence electrons. The van der Waals surface area contributed by atoms with E-state index in [1.165, 1.54) is 7.11 Å². The van der Waals surface area contributed by atoms with Gasteiger partial charge in [0.25, 0.3) is 0 Å². The summed E-state index contributed by atoms with van der Waals surface area (Å²) in [5.74, 6) is 0.603. The molecule has 7 nitrogen and oxygen atoms in total. The standard InChI is InChI=1S/C18H18N4O3S/c1-25-18(24)16-19-14-5-10-26-15(14)17(20-16)22-8-6-21(7-9-22)12-3-2-4-13(23)11-12/h2-5,10-11,23H,6-9H2,1H3. The number of piperazine rings is 1. The number of carbonyl (C=O) groups excluding carboxylic acids is 1. The highest BCUT2D eigenvalue weighted by molar-refractivity contribution is 7.17. The van der Waals surface area contributed by atoms with Gasteiger partial charge in [-0.05, 0) is 23.6 Å². The van der Waals surface area contributed by atoms with E-state index >= 15 is 0 Å². The molecule has 1 saturated heterocycles. The average molecular weight is 370 g/mol. The number of rotatable bonds is 3. The molecule has 1 fully saturated rings. The van der Waals surface area contributed by atoms with E-state index in [2.05, 4.69) is 19.8 Å². The van der Waals surface area contributed by atoms with Gasteiger partial charge in [0.05, 0.1) is 17.3 Å². The minimum Gasteiger partial charge on any atom is -0.508 e. The Balaban J connectivity index is 1.59. The Labute approximate surface area is 154 Å². The molecule has 3 heterocycles. The van der Waals surface area contributed by atoms with Crippen molar-refractivity contribution in [2.24, 2.45) is 0 Å². The van der Waals surface area contributed by atoms with Crippen molar-refractivity contribution < 1.29 is 14.6 Å². The van der Waals surface area contributed by atoms with Crippen LogP contribution in [-0.2, 0) is 4.74 Å². The fourth-order valence-electron chi connectivity index (χ4n) is 3.11. The third kappa shape index (κ3) is 3.03. The van der Waals surface area contributed by atoms with Crippen molar-refractivity contribution in [3.8, 4) is 5.75 Å². The molecule has 3 aromatic rings. The van der Waals surface area contributed by atoms with Crippen LogP contribution in [0.15, 0.2) is 35.7 Å². The maximum Gasteiger partial charge on any atom is 0.376 e. The van der Waals surface area contributed by atoms with Crippen molar-refractivity contribution in [1.29, 1.82) is 0 Å². The van der Waals surface area contributed by atoms with Gasteiger partial charge in [0, 0.05) is 37.9 Å². The topological polar surface area (TPSA) is 78.8 Å². The van der Waals surface area contributed by atoms with Gasteiger partial charge in [-0.2, -0.15) is 0 Å². The van der Waals surface area contributed by atoms with Crippen LogP contribution in [0.1, 0.15) is 10.6 Å². The molecule has 0 spiro atoms. The number of ether oxygens (including phenoxy) is 1. The fourth-order valence-corrected chi connectivity index (χ4v) is 3.96. The summed E-state index contributed by atoms with van der Waals surface area (Å²) in [5.41, 5.74) is 1.76.